The zero-order valence-corrected chi connectivity index (χ0v) is 13.1. The molecule has 1 fully saturated rings. The Bertz CT molecular complexity index is 418. The minimum atomic E-state index is 0.495. The summed E-state index contributed by atoms with van der Waals surface area (Å²) in [5.41, 5.74) is 0.939. The predicted molar refractivity (Wildman–Crippen MR) is 88.5 cm³/mol. The lowest BCUT2D eigenvalue weighted by molar-refractivity contribution is 0.0574. The molecule has 5 heteroatoms. The zero-order valence-electron chi connectivity index (χ0n) is 11.5. The highest BCUT2D eigenvalue weighted by Gasteiger charge is 2.14. The number of thiocarbonyl (C=S) groups is 1. The lowest BCUT2D eigenvalue weighted by atomic mass is 10.3. The molecule has 2 rings (SSSR count). The first-order valence-electron chi connectivity index (χ1n) is 7.16. The minimum Gasteiger partial charge on any atom is -0.378 e. The van der Waals surface area contributed by atoms with E-state index in [1.165, 1.54) is 25.7 Å². The zero-order chi connectivity index (χ0) is 14.2. The van der Waals surface area contributed by atoms with Crippen LogP contribution >= 0.6 is 23.8 Å². The van der Waals surface area contributed by atoms with Gasteiger partial charge < -0.3 is 15.4 Å². The molecule has 1 aliphatic carbocycles. The summed E-state index contributed by atoms with van der Waals surface area (Å²) in [6, 6.07) is 7.48. The summed E-state index contributed by atoms with van der Waals surface area (Å²) in [5.74, 6) is 0. The van der Waals surface area contributed by atoms with Gasteiger partial charge in [0.05, 0.1) is 6.10 Å². The maximum absolute atomic E-state index is 5.83. The first kappa shape index (κ1) is 15.5. The first-order chi connectivity index (χ1) is 9.74. The molecular weight excluding hydrogens is 292 g/mol. The van der Waals surface area contributed by atoms with Gasteiger partial charge in [-0.05, 0) is 55.7 Å². The number of nitrogens with one attached hydrogen (secondary N) is 2. The summed E-state index contributed by atoms with van der Waals surface area (Å²) < 4.78 is 5.80. The molecule has 110 valence electrons. The first-order valence-corrected chi connectivity index (χ1v) is 7.95. The van der Waals surface area contributed by atoms with E-state index in [9.17, 15) is 0 Å². The van der Waals surface area contributed by atoms with Crippen molar-refractivity contribution in [3.05, 3.63) is 29.3 Å². The van der Waals surface area contributed by atoms with Crippen LogP contribution in [0.2, 0.25) is 5.02 Å². The number of hydrogen-bond donors (Lipinski definition) is 2. The second-order valence-corrected chi connectivity index (χ2v) is 5.86. The molecule has 0 aliphatic heterocycles. The van der Waals surface area contributed by atoms with E-state index in [0.717, 1.165) is 30.3 Å². The minimum absolute atomic E-state index is 0.495. The van der Waals surface area contributed by atoms with Gasteiger partial charge >= 0.3 is 0 Å². The van der Waals surface area contributed by atoms with Crippen LogP contribution < -0.4 is 10.6 Å². The molecule has 0 amide bonds. The van der Waals surface area contributed by atoms with Crippen molar-refractivity contribution in [2.45, 2.75) is 38.2 Å². The van der Waals surface area contributed by atoms with E-state index >= 15 is 0 Å². The Labute approximate surface area is 131 Å². The van der Waals surface area contributed by atoms with Crippen molar-refractivity contribution < 1.29 is 4.74 Å². The van der Waals surface area contributed by atoms with Crippen molar-refractivity contribution in [1.29, 1.82) is 0 Å². The third-order valence-corrected chi connectivity index (χ3v) is 3.86. The largest absolute Gasteiger partial charge is 0.378 e. The summed E-state index contributed by atoms with van der Waals surface area (Å²) in [6.07, 6.45) is 6.55. The molecule has 0 radical (unpaired) electrons. The highest BCUT2D eigenvalue weighted by molar-refractivity contribution is 7.80. The molecule has 0 heterocycles. The summed E-state index contributed by atoms with van der Waals surface area (Å²) in [4.78, 5) is 0. The van der Waals surface area contributed by atoms with Gasteiger partial charge in [0.25, 0.3) is 0 Å². The Morgan fingerprint density at radius 3 is 2.65 bits per heavy atom. The Morgan fingerprint density at radius 1 is 1.25 bits per heavy atom. The van der Waals surface area contributed by atoms with Gasteiger partial charge in [0.1, 0.15) is 0 Å². The normalized spacial score (nSPS) is 15.2. The van der Waals surface area contributed by atoms with Crippen molar-refractivity contribution in [2.24, 2.45) is 0 Å². The van der Waals surface area contributed by atoms with Crippen LogP contribution in [0.15, 0.2) is 24.3 Å². The molecule has 20 heavy (non-hydrogen) atoms. The van der Waals surface area contributed by atoms with Crippen LogP contribution in [-0.2, 0) is 4.74 Å². The highest BCUT2D eigenvalue weighted by Crippen LogP contribution is 2.20. The smallest absolute Gasteiger partial charge is 0.170 e. The van der Waals surface area contributed by atoms with Crippen molar-refractivity contribution in [3.8, 4) is 0 Å². The van der Waals surface area contributed by atoms with Gasteiger partial charge in [0.2, 0.25) is 0 Å². The van der Waals surface area contributed by atoms with E-state index < -0.39 is 0 Å². The summed E-state index contributed by atoms with van der Waals surface area (Å²) in [5, 5.41) is 7.65. The van der Waals surface area contributed by atoms with Gasteiger partial charge in [0.15, 0.2) is 5.11 Å². The standard InChI is InChI=1S/C15H21ClN2OS/c16-12-6-8-13(9-7-12)18-15(20)17-10-3-11-19-14-4-1-2-5-14/h6-9,14H,1-5,10-11H2,(H2,17,18,20). The third kappa shape index (κ3) is 5.65. The van der Waals surface area contributed by atoms with Gasteiger partial charge in [-0.1, -0.05) is 24.4 Å². The second-order valence-electron chi connectivity index (χ2n) is 5.02. The maximum atomic E-state index is 5.83. The fraction of sp³-hybridized carbons (Fsp3) is 0.533. The Morgan fingerprint density at radius 2 is 1.95 bits per heavy atom. The van der Waals surface area contributed by atoms with Gasteiger partial charge in [-0.3, -0.25) is 0 Å². The molecule has 1 aliphatic rings. The third-order valence-electron chi connectivity index (χ3n) is 3.36. The number of anilines is 1. The van der Waals surface area contributed by atoms with E-state index in [1.807, 2.05) is 24.3 Å². The van der Waals surface area contributed by atoms with E-state index in [-0.39, 0.29) is 0 Å². The van der Waals surface area contributed by atoms with Crippen LogP contribution in [0.4, 0.5) is 5.69 Å². The quantitative estimate of drug-likeness (QED) is 0.615. The van der Waals surface area contributed by atoms with Crippen LogP contribution in [0, 0.1) is 0 Å². The molecular formula is C15H21ClN2OS. The summed E-state index contributed by atoms with van der Waals surface area (Å²) in [6.45, 7) is 1.63. The van der Waals surface area contributed by atoms with Crippen molar-refractivity contribution in [1.82, 2.24) is 5.32 Å². The molecule has 0 atom stereocenters. The monoisotopic (exact) mass is 312 g/mol. The maximum Gasteiger partial charge on any atom is 0.170 e. The molecule has 0 aromatic heterocycles. The van der Waals surface area contributed by atoms with Crippen molar-refractivity contribution >= 4 is 34.6 Å². The average Bonchev–Trinajstić information content (AvgIpc) is 2.94. The number of hydrogen-bond acceptors (Lipinski definition) is 2. The molecule has 2 N–H and O–H groups in total. The number of rotatable bonds is 6. The molecule has 0 spiro atoms. The van der Waals surface area contributed by atoms with Gasteiger partial charge in [-0.2, -0.15) is 0 Å². The average molecular weight is 313 g/mol. The van der Waals surface area contributed by atoms with E-state index in [2.05, 4.69) is 10.6 Å². The topological polar surface area (TPSA) is 33.3 Å². The van der Waals surface area contributed by atoms with E-state index in [4.69, 9.17) is 28.6 Å². The molecule has 3 nitrogen and oxygen atoms in total. The van der Waals surface area contributed by atoms with E-state index in [0.29, 0.717) is 11.2 Å². The molecule has 0 bridgehead atoms. The summed E-state index contributed by atoms with van der Waals surface area (Å²) in [7, 11) is 0. The van der Waals surface area contributed by atoms with Crippen LogP contribution in [-0.4, -0.2) is 24.4 Å². The van der Waals surface area contributed by atoms with Gasteiger partial charge in [-0.25, -0.2) is 0 Å². The Kier molecular flexibility index (Phi) is 6.57. The van der Waals surface area contributed by atoms with Gasteiger partial charge in [0, 0.05) is 23.9 Å². The lowest BCUT2D eigenvalue weighted by Gasteiger charge is -2.13. The van der Waals surface area contributed by atoms with Crippen LogP contribution in [0.1, 0.15) is 32.1 Å². The van der Waals surface area contributed by atoms with Gasteiger partial charge in [-0.15, -0.1) is 0 Å². The predicted octanol–water partition coefficient (Wildman–Crippen LogP) is 3.98. The van der Waals surface area contributed by atoms with Crippen molar-refractivity contribution in [3.63, 3.8) is 0 Å². The Hall–Kier alpha value is -0.840. The highest BCUT2D eigenvalue weighted by atomic mass is 35.5. The summed E-state index contributed by atoms with van der Waals surface area (Å²) >= 11 is 11.1. The Balaban J connectivity index is 1.54. The molecule has 1 saturated carbocycles. The van der Waals surface area contributed by atoms with Crippen LogP contribution in [0.3, 0.4) is 0 Å². The molecule has 1 aromatic carbocycles. The molecule has 0 unspecified atom stereocenters. The molecule has 1 aromatic rings. The SMILES string of the molecule is S=C(NCCCOC1CCCC1)Nc1ccc(Cl)cc1. The second kappa shape index (κ2) is 8.45. The molecule has 0 saturated heterocycles. The number of ether oxygens (including phenoxy) is 1. The van der Waals surface area contributed by atoms with E-state index in [1.54, 1.807) is 0 Å². The lowest BCUT2D eigenvalue weighted by Crippen LogP contribution is -2.30. The fourth-order valence-corrected chi connectivity index (χ4v) is 2.63. The number of halogens is 1. The van der Waals surface area contributed by atoms with Crippen molar-refractivity contribution in [2.75, 3.05) is 18.5 Å². The van der Waals surface area contributed by atoms with Crippen LogP contribution in [0.5, 0.6) is 0 Å². The van der Waals surface area contributed by atoms with Crippen LogP contribution in [0.25, 0.3) is 0 Å². The fourth-order valence-electron chi connectivity index (χ4n) is 2.29. The number of benzene rings is 1.